The number of carbonyl (C=O) groups excluding carboxylic acids is 2. The van der Waals surface area contributed by atoms with Crippen molar-refractivity contribution < 1.29 is 19.4 Å². The lowest BCUT2D eigenvalue weighted by Crippen LogP contribution is -2.54. The zero-order valence-corrected chi connectivity index (χ0v) is 18.4. The number of ether oxygens (including phenoxy) is 1. The van der Waals surface area contributed by atoms with Gasteiger partial charge in [-0.25, -0.2) is 0 Å². The zero-order valence-electron chi connectivity index (χ0n) is 16.0. The fourth-order valence-electron chi connectivity index (χ4n) is 2.89. The summed E-state index contributed by atoms with van der Waals surface area (Å²) in [6, 6.07) is 10.4. The van der Waals surface area contributed by atoms with Crippen LogP contribution in [0.1, 0.15) is 30.9 Å². The lowest BCUT2D eigenvalue weighted by atomic mass is 10.0. The lowest BCUT2D eigenvalue weighted by Gasteiger charge is -2.29. The van der Waals surface area contributed by atoms with Gasteiger partial charge in [-0.3, -0.25) is 19.8 Å². The van der Waals surface area contributed by atoms with Gasteiger partial charge in [-0.2, -0.15) is 0 Å². The SMILES string of the molecule is COc1cc(/C=C2\C(=O)NC(=S)N(c3ccc(C(C)C)cc3)C2=O)c(Br)cc1O. The summed E-state index contributed by atoms with van der Waals surface area (Å²) in [6.07, 6.45) is 1.43. The van der Waals surface area contributed by atoms with E-state index in [9.17, 15) is 14.7 Å². The molecule has 1 heterocycles. The van der Waals surface area contributed by atoms with Gasteiger partial charge in [-0.1, -0.05) is 41.9 Å². The molecule has 1 aliphatic heterocycles. The molecule has 2 amide bonds. The number of carbonyl (C=O) groups is 2. The predicted molar refractivity (Wildman–Crippen MR) is 119 cm³/mol. The maximum Gasteiger partial charge on any atom is 0.270 e. The molecule has 29 heavy (non-hydrogen) atoms. The van der Waals surface area contributed by atoms with Crippen LogP contribution < -0.4 is 15.0 Å². The molecule has 2 aromatic carbocycles. The summed E-state index contributed by atoms with van der Waals surface area (Å²) in [5.41, 5.74) is 2.11. The van der Waals surface area contributed by atoms with E-state index < -0.39 is 11.8 Å². The molecular formula is C21H19BrN2O4S. The number of halogens is 1. The second-order valence-corrected chi connectivity index (χ2v) is 7.99. The number of phenolic OH excluding ortho intramolecular Hbond substituents is 1. The van der Waals surface area contributed by atoms with Crippen molar-refractivity contribution in [2.75, 3.05) is 12.0 Å². The summed E-state index contributed by atoms with van der Waals surface area (Å²) in [6.45, 7) is 4.16. The van der Waals surface area contributed by atoms with Crippen molar-refractivity contribution in [2.24, 2.45) is 0 Å². The Labute approximate surface area is 182 Å². The van der Waals surface area contributed by atoms with Gasteiger partial charge < -0.3 is 9.84 Å². The van der Waals surface area contributed by atoms with E-state index in [-0.39, 0.29) is 22.2 Å². The molecule has 0 radical (unpaired) electrons. The van der Waals surface area contributed by atoms with E-state index in [0.717, 1.165) is 5.56 Å². The molecule has 1 aliphatic rings. The second-order valence-electron chi connectivity index (χ2n) is 6.75. The molecule has 1 saturated heterocycles. The smallest absolute Gasteiger partial charge is 0.270 e. The van der Waals surface area contributed by atoms with Gasteiger partial charge in [0.1, 0.15) is 5.57 Å². The van der Waals surface area contributed by atoms with Crippen LogP contribution in [0.5, 0.6) is 11.5 Å². The number of hydrogen-bond acceptors (Lipinski definition) is 5. The lowest BCUT2D eigenvalue weighted by molar-refractivity contribution is -0.122. The topological polar surface area (TPSA) is 78.9 Å². The van der Waals surface area contributed by atoms with Crippen LogP contribution in [0.3, 0.4) is 0 Å². The minimum Gasteiger partial charge on any atom is -0.504 e. The molecule has 0 bridgehead atoms. The molecule has 2 N–H and O–H groups in total. The fraction of sp³-hybridized carbons (Fsp3) is 0.190. The number of thiocarbonyl (C=S) groups is 1. The highest BCUT2D eigenvalue weighted by atomic mass is 79.9. The second kappa shape index (κ2) is 8.34. The van der Waals surface area contributed by atoms with Crippen LogP contribution in [0.25, 0.3) is 6.08 Å². The van der Waals surface area contributed by atoms with E-state index in [1.54, 1.807) is 12.1 Å². The van der Waals surface area contributed by atoms with E-state index in [4.69, 9.17) is 17.0 Å². The number of phenols is 1. The average molecular weight is 475 g/mol. The average Bonchev–Trinajstić information content (AvgIpc) is 2.66. The highest BCUT2D eigenvalue weighted by Gasteiger charge is 2.34. The monoisotopic (exact) mass is 474 g/mol. The van der Waals surface area contributed by atoms with Gasteiger partial charge in [0.05, 0.1) is 12.8 Å². The van der Waals surface area contributed by atoms with Crippen LogP contribution in [-0.4, -0.2) is 29.1 Å². The Balaban J connectivity index is 2.02. The van der Waals surface area contributed by atoms with Crippen molar-refractivity contribution in [3.63, 3.8) is 0 Å². The quantitative estimate of drug-likeness (QED) is 0.395. The largest absolute Gasteiger partial charge is 0.504 e. The summed E-state index contributed by atoms with van der Waals surface area (Å²) < 4.78 is 5.61. The number of nitrogens with zero attached hydrogens (tertiary/aromatic N) is 1. The minimum atomic E-state index is -0.589. The van der Waals surface area contributed by atoms with Gasteiger partial charge in [0.15, 0.2) is 16.6 Å². The molecule has 8 heteroatoms. The van der Waals surface area contributed by atoms with Crippen molar-refractivity contribution in [2.45, 2.75) is 19.8 Å². The third-order valence-electron chi connectivity index (χ3n) is 4.52. The fourth-order valence-corrected chi connectivity index (χ4v) is 3.62. The number of hydrogen-bond donors (Lipinski definition) is 2. The molecule has 2 aromatic rings. The molecule has 6 nitrogen and oxygen atoms in total. The number of nitrogens with one attached hydrogen (secondary N) is 1. The maximum absolute atomic E-state index is 13.1. The van der Waals surface area contributed by atoms with Crippen LogP contribution in [0, 0.1) is 0 Å². The van der Waals surface area contributed by atoms with Crippen LogP contribution >= 0.6 is 28.1 Å². The summed E-state index contributed by atoms with van der Waals surface area (Å²) in [5, 5.41) is 12.4. The van der Waals surface area contributed by atoms with E-state index in [1.165, 1.54) is 30.2 Å². The van der Waals surface area contributed by atoms with Crippen LogP contribution in [-0.2, 0) is 9.59 Å². The van der Waals surface area contributed by atoms with E-state index in [1.807, 2.05) is 12.1 Å². The summed E-state index contributed by atoms with van der Waals surface area (Å²) in [5.74, 6) is -0.608. The van der Waals surface area contributed by atoms with Gasteiger partial charge >= 0.3 is 0 Å². The molecule has 150 valence electrons. The molecule has 0 aliphatic carbocycles. The number of amides is 2. The van der Waals surface area contributed by atoms with Crippen LogP contribution in [0.4, 0.5) is 5.69 Å². The van der Waals surface area contributed by atoms with Crippen molar-refractivity contribution in [1.82, 2.24) is 5.32 Å². The first kappa shape index (κ1) is 21.0. The van der Waals surface area contributed by atoms with Gasteiger partial charge in [0.2, 0.25) is 0 Å². The molecule has 0 saturated carbocycles. The van der Waals surface area contributed by atoms with Crippen molar-refractivity contribution >= 4 is 56.8 Å². The maximum atomic E-state index is 13.1. The number of rotatable bonds is 4. The van der Waals surface area contributed by atoms with Gasteiger partial charge in [-0.05, 0) is 59.6 Å². The number of aromatic hydroxyl groups is 1. The Morgan fingerprint density at radius 3 is 2.45 bits per heavy atom. The summed E-state index contributed by atoms with van der Waals surface area (Å²) in [4.78, 5) is 26.9. The first-order chi connectivity index (χ1) is 13.7. The van der Waals surface area contributed by atoms with Crippen LogP contribution in [0.2, 0.25) is 0 Å². The Morgan fingerprint density at radius 2 is 1.86 bits per heavy atom. The molecule has 0 atom stereocenters. The molecule has 0 unspecified atom stereocenters. The predicted octanol–water partition coefficient (Wildman–Crippen LogP) is 4.12. The number of methoxy groups -OCH3 is 1. The summed E-state index contributed by atoms with van der Waals surface area (Å²) >= 11 is 8.56. The molecule has 0 spiro atoms. The number of benzene rings is 2. The van der Waals surface area contributed by atoms with E-state index in [0.29, 0.717) is 21.6 Å². The highest BCUT2D eigenvalue weighted by molar-refractivity contribution is 9.10. The van der Waals surface area contributed by atoms with E-state index in [2.05, 4.69) is 35.1 Å². The standard InChI is InChI=1S/C21H19BrN2O4S/c1-11(2)12-4-6-14(7-5-12)24-20(27)15(19(26)23-21(24)29)8-13-9-18(28-3)17(25)10-16(13)22/h4-11,25H,1-3H3,(H,23,26,29)/b15-8+. The Bertz CT molecular complexity index is 1030. The highest BCUT2D eigenvalue weighted by Crippen LogP contribution is 2.34. The van der Waals surface area contributed by atoms with Crippen molar-refractivity contribution in [3.05, 3.63) is 57.6 Å². The van der Waals surface area contributed by atoms with E-state index >= 15 is 0 Å². The Morgan fingerprint density at radius 1 is 1.21 bits per heavy atom. The molecule has 1 fully saturated rings. The number of anilines is 1. The van der Waals surface area contributed by atoms with Gasteiger partial charge in [-0.15, -0.1) is 0 Å². The molecule has 0 aromatic heterocycles. The Kier molecular flexibility index (Phi) is 6.04. The minimum absolute atomic E-state index is 0.0248. The Hall–Kier alpha value is -2.71. The zero-order chi connectivity index (χ0) is 21.3. The third-order valence-corrected chi connectivity index (χ3v) is 5.49. The molecule has 3 rings (SSSR count). The third kappa shape index (κ3) is 4.18. The van der Waals surface area contributed by atoms with Crippen LogP contribution in [0.15, 0.2) is 46.4 Å². The first-order valence-corrected chi connectivity index (χ1v) is 10.0. The van der Waals surface area contributed by atoms with Crippen molar-refractivity contribution in [3.8, 4) is 11.5 Å². The molecular weight excluding hydrogens is 456 g/mol. The first-order valence-electron chi connectivity index (χ1n) is 8.80. The van der Waals surface area contributed by atoms with Crippen molar-refractivity contribution in [1.29, 1.82) is 0 Å². The summed E-state index contributed by atoms with van der Waals surface area (Å²) in [7, 11) is 1.42. The normalized spacial score (nSPS) is 15.8. The van der Waals surface area contributed by atoms with Gasteiger partial charge in [0.25, 0.3) is 11.8 Å². The van der Waals surface area contributed by atoms with Gasteiger partial charge in [0, 0.05) is 4.47 Å².